The number of amides is 2. The largest absolute Gasteiger partial charge is 0.368 e. The van der Waals surface area contributed by atoms with Crippen LogP contribution in [0.15, 0.2) is 22.7 Å². The van der Waals surface area contributed by atoms with Crippen LogP contribution in [0.2, 0.25) is 0 Å². The Hall–Kier alpha value is -1.44. The molecule has 0 aromatic heterocycles. The van der Waals surface area contributed by atoms with E-state index in [9.17, 15) is 9.59 Å². The van der Waals surface area contributed by atoms with E-state index in [-0.39, 0.29) is 17.9 Å². The Kier molecular flexibility index (Phi) is 6.09. The van der Waals surface area contributed by atoms with Gasteiger partial charge in [0.15, 0.2) is 6.54 Å². The number of carbonyl (C=O) groups excluding carboxylic acids is 2. The van der Waals surface area contributed by atoms with E-state index in [0.717, 1.165) is 41.7 Å². The maximum Gasteiger partial charge on any atom is 0.279 e. The Morgan fingerprint density at radius 3 is 2.76 bits per heavy atom. The van der Waals surface area contributed by atoms with E-state index < -0.39 is 0 Å². The van der Waals surface area contributed by atoms with E-state index in [1.165, 1.54) is 4.90 Å². The molecule has 0 spiro atoms. The Bertz CT molecular complexity index is 638. The number of hydrogen-bond donors (Lipinski definition) is 2. The van der Waals surface area contributed by atoms with Gasteiger partial charge in [0, 0.05) is 11.1 Å². The van der Waals surface area contributed by atoms with Crippen molar-refractivity contribution in [2.75, 3.05) is 44.6 Å². The second-order valence-electron chi connectivity index (χ2n) is 6.79. The van der Waals surface area contributed by atoms with E-state index >= 15 is 0 Å². The van der Waals surface area contributed by atoms with Crippen LogP contribution in [0.1, 0.15) is 18.4 Å². The van der Waals surface area contributed by atoms with Crippen LogP contribution in [0.5, 0.6) is 0 Å². The first-order valence-corrected chi connectivity index (χ1v) is 9.62. The number of piperazine rings is 1. The van der Waals surface area contributed by atoms with Gasteiger partial charge < -0.3 is 19.9 Å². The molecule has 2 aliphatic rings. The van der Waals surface area contributed by atoms with E-state index in [0.29, 0.717) is 26.2 Å². The average molecular weight is 411 g/mol. The summed E-state index contributed by atoms with van der Waals surface area (Å²) < 4.78 is 6.37. The first-order chi connectivity index (χ1) is 12.0. The van der Waals surface area contributed by atoms with Gasteiger partial charge in [-0.1, -0.05) is 6.07 Å². The van der Waals surface area contributed by atoms with Crippen molar-refractivity contribution in [1.29, 1.82) is 0 Å². The molecule has 1 atom stereocenters. The molecule has 2 heterocycles. The number of carbonyl (C=O) groups is 2. The molecule has 0 radical (unpaired) electrons. The number of nitrogens with one attached hydrogen (secondary N) is 2. The number of hydrogen-bond acceptors (Lipinski definition) is 3. The highest BCUT2D eigenvalue weighted by Gasteiger charge is 2.32. The summed E-state index contributed by atoms with van der Waals surface area (Å²) in [6.07, 6.45) is 1.56. The normalized spacial score (nSPS) is 21.4. The van der Waals surface area contributed by atoms with Crippen molar-refractivity contribution in [3.63, 3.8) is 0 Å². The maximum atomic E-state index is 12.3. The van der Waals surface area contributed by atoms with Gasteiger partial charge in [0.05, 0.1) is 31.9 Å². The van der Waals surface area contributed by atoms with Gasteiger partial charge in [-0.2, -0.15) is 0 Å². The lowest BCUT2D eigenvalue weighted by Crippen LogP contribution is -3.15. The van der Waals surface area contributed by atoms with Gasteiger partial charge in [-0.25, -0.2) is 0 Å². The first-order valence-electron chi connectivity index (χ1n) is 8.83. The first kappa shape index (κ1) is 18.4. The lowest BCUT2D eigenvalue weighted by molar-refractivity contribution is -0.895. The second-order valence-corrected chi connectivity index (χ2v) is 7.64. The molecule has 1 aromatic carbocycles. The zero-order chi connectivity index (χ0) is 17.8. The number of aryl methyl sites for hydroxylation is 1. The summed E-state index contributed by atoms with van der Waals surface area (Å²) in [6.45, 7) is 6.09. The van der Waals surface area contributed by atoms with E-state index in [1.807, 2.05) is 30.0 Å². The van der Waals surface area contributed by atoms with E-state index in [2.05, 4.69) is 21.2 Å². The molecule has 6 nitrogen and oxygen atoms in total. The third-order valence-corrected chi connectivity index (χ3v) is 5.45. The van der Waals surface area contributed by atoms with Crippen LogP contribution >= 0.6 is 15.9 Å². The molecule has 0 bridgehead atoms. The molecule has 1 aromatic rings. The zero-order valence-electron chi connectivity index (χ0n) is 14.5. The van der Waals surface area contributed by atoms with Gasteiger partial charge in [0.2, 0.25) is 0 Å². The van der Waals surface area contributed by atoms with Gasteiger partial charge in [-0.05, 0) is 53.4 Å². The standard InChI is InChI=1S/C18H24BrN3O3/c1-13-4-5-15(14(19)11-13)20-17(23)12-21-6-8-22(9-7-21)18(24)16-3-2-10-25-16/h4-5,11,16H,2-3,6-10,12H2,1H3,(H,20,23)/p+1/t16-/m1/s1. The number of halogens is 1. The molecule has 136 valence electrons. The fourth-order valence-corrected chi connectivity index (χ4v) is 3.93. The van der Waals surface area contributed by atoms with Gasteiger partial charge in [-0.15, -0.1) is 0 Å². The summed E-state index contributed by atoms with van der Waals surface area (Å²) in [5.41, 5.74) is 1.93. The minimum Gasteiger partial charge on any atom is -0.368 e. The topological polar surface area (TPSA) is 63.1 Å². The molecular weight excluding hydrogens is 386 g/mol. The molecule has 2 aliphatic heterocycles. The van der Waals surface area contributed by atoms with Crippen molar-refractivity contribution >= 4 is 33.4 Å². The average Bonchev–Trinajstić information content (AvgIpc) is 3.12. The summed E-state index contributed by atoms with van der Waals surface area (Å²) in [7, 11) is 0. The highest BCUT2D eigenvalue weighted by molar-refractivity contribution is 9.10. The van der Waals surface area contributed by atoms with Crippen LogP contribution in [0.4, 0.5) is 5.69 Å². The lowest BCUT2D eigenvalue weighted by atomic mass is 10.2. The lowest BCUT2D eigenvalue weighted by Gasteiger charge is -2.33. The SMILES string of the molecule is Cc1ccc(NC(=O)C[NH+]2CCN(C(=O)[C@H]3CCCO3)CC2)c(Br)c1. The van der Waals surface area contributed by atoms with Crippen LogP contribution in [0.3, 0.4) is 0 Å². The van der Waals surface area contributed by atoms with Gasteiger partial charge >= 0.3 is 0 Å². The summed E-state index contributed by atoms with van der Waals surface area (Å²) >= 11 is 3.48. The smallest absolute Gasteiger partial charge is 0.279 e. The molecule has 0 unspecified atom stereocenters. The third-order valence-electron chi connectivity index (χ3n) is 4.80. The molecule has 0 aliphatic carbocycles. The summed E-state index contributed by atoms with van der Waals surface area (Å²) in [5, 5.41) is 2.96. The van der Waals surface area contributed by atoms with Gasteiger partial charge in [0.1, 0.15) is 6.10 Å². The zero-order valence-corrected chi connectivity index (χ0v) is 16.1. The summed E-state index contributed by atoms with van der Waals surface area (Å²) in [6, 6.07) is 5.87. The van der Waals surface area contributed by atoms with E-state index in [1.54, 1.807) is 0 Å². The Labute approximate surface area is 156 Å². The van der Waals surface area contributed by atoms with Crippen LogP contribution in [0.25, 0.3) is 0 Å². The number of ether oxygens (including phenoxy) is 1. The molecule has 2 amide bonds. The van der Waals surface area contributed by atoms with Gasteiger partial charge in [0.25, 0.3) is 11.8 Å². The van der Waals surface area contributed by atoms with Crippen molar-refractivity contribution in [1.82, 2.24) is 4.90 Å². The predicted molar refractivity (Wildman–Crippen MR) is 98.6 cm³/mol. The minimum absolute atomic E-state index is 0.00143. The number of nitrogens with zero attached hydrogens (tertiary/aromatic N) is 1. The Morgan fingerprint density at radius 2 is 2.12 bits per heavy atom. The number of anilines is 1. The Morgan fingerprint density at radius 1 is 1.36 bits per heavy atom. The van der Waals surface area contributed by atoms with E-state index in [4.69, 9.17) is 4.74 Å². The molecule has 25 heavy (non-hydrogen) atoms. The molecule has 2 fully saturated rings. The van der Waals surface area contributed by atoms with Crippen LogP contribution in [-0.4, -0.2) is 62.1 Å². The highest BCUT2D eigenvalue weighted by atomic mass is 79.9. The van der Waals surface area contributed by atoms with Crippen LogP contribution in [-0.2, 0) is 14.3 Å². The van der Waals surface area contributed by atoms with Crippen molar-refractivity contribution < 1.29 is 19.2 Å². The molecular formula is C18H25BrN3O3+. The Balaban J connectivity index is 1.45. The number of benzene rings is 1. The van der Waals surface area contributed by atoms with Crippen molar-refractivity contribution in [2.24, 2.45) is 0 Å². The van der Waals surface area contributed by atoms with Gasteiger partial charge in [-0.3, -0.25) is 9.59 Å². The maximum absolute atomic E-state index is 12.3. The van der Waals surface area contributed by atoms with Crippen LogP contribution < -0.4 is 10.2 Å². The molecule has 2 saturated heterocycles. The van der Waals surface area contributed by atoms with Crippen LogP contribution in [0, 0.1) is 6.92 Å². The highest BCUT2D eigenvalue weighted by Crippen LogP contribution is 2.23. The molecule has 0 saturated carbocycles. The monoisotopic (exact) mass is 410 g/mol. The van der Waals surface area contributed by atoms with Crippen molar-refractivity contribution in [3.05, 3.63) is 28.2 Å². The number of quaternary nitrogens is 1. The fraction of sp³-hybridized carbons (Fsp3) is 0.556. The molecule has 2 N–H and O–H groups in total. The number of rotatable bonds is 4. The second kappa shape index (κ2) is 8.29. The quantitative estimate of drug-likeness (QED) is 0.763. The van der Waals surface area contributed by atoms with Crippen molar-refractivity contribution in [2.45, 2.75) is 25.9 Å². The molecule has 3 rings (SSSR count). The van der Waals surface area contributed by atoms with Crippen molar-refractivity contribution in [3.8, 4) is 0 Å². The predicted octanol–water partition coefficient (Wildman–Crippen LogP) is 0.602. The third kappa shape index (κ3) is 4.80. The summed E-state index contributed by atoms with van der Waals surface area (Å²) in [5.74, 6) is 0.114. The fourth-order valence-electron chi connectivity index (χ4n) is 3.34. The molecule has 7 heteroatoms. The summed E-state index contributed by atoms with van der Waals surface area (Å²) in [4.78, 5) is 27.7. The minimum atomic E-state index is -0.247.